The molecule has 2 aromatic rings. The van der Waals surface area contributed by atoms with Crippen LogP contribution >= 0.6 is 0 Å². The average molecular weight is 281 g/mol. The zero-order valence-corrected chi connectivity index (χ0v) is 11.8. The highest BCUT2D eigenvalue weighted by Crippen LogP contribution is 2.24. The van der Waals surface area contributed by atoms with Crippen LogP contribution in [0.15, 0.2) is 60.7 Å². The van der Waals surface area contributed by atoms with Crippen molar-refractivity contribution >= 4 is 5.91 Å². The zero-order chi connectivity index (χ0) is 14.5. The second-order valence-corrected chi connectivity index (χ2v) is 5.22. The third kappa shape index (κ3) is 3.29. The van der Waals surface area contributed by atoms with Gasteiger partial charge in [0.2, 0.25) is 5.91 Å². The molecule has 4 nitrogen and oxygen atoms in total. The first kappa shape index (κ1) is 13.8. The van der Waals surface area contributed by atoms with Gasteiger partial charge in [-0.2, -0.15) is 0 Å². The molecule has 21 heavy (non-hydrogen) atoms. The van der Waals surface area contributed by atoms with Crippen LogP contribution in [-0.2, 0) is 11.3 Å². The summed E-state index contributed by atoms with van der Waals surface area (Å²) in [6.07, 6.45) is 0. The molecule has 3 N–H and O–H groups in total. The lowest BCUT2D eigenvalue weighted by Crippen LogP contribution is -2.34. The number of hydrazine groups is 1. The predicted molar refractivity (Wildman–Crippen MR) is 82.1 cm³/mol. The lowest BCUT2D eigenvalue weighted by molar-refractivity contribution is -0.125. The Bertz CT molecular complexity index is 585. The van der Waals surface area contributed by atoms with Gasteiger partial charge in [0.15, 0.2) is 0 Å². The van der Waals surface area contributed by atoms with E-state index in [0.29, 0.717) is 13.1 Å². The standard InChI is InChI=1S/C17H19N3O/c21-17(18-11-13-7-3-1-4-8-13)15-12-19-20-16(15)14-9-5-2-6-10-14/h1-10,15-16,19-20H,11-12H2,(H,18,21). The molecule has 0 spiro atoms. The van der Waals surface area contributed by atoms with Gasteiger partial charge < -0.3 is 5.32 Å². The number of rotatable bonds is 4. The molecule has 2 aromatic carbocycles. The smallest absolute Gasteiger partial charge is 0.226 e. The topological polar surface area (TPSA) is 53.2 Å². The van der Waals surface area contributed by atoms with Crippen molar-refractivity contribution in [3.63, 3.8) is 0 Å². The van der Waals surface area contributed by atoms with Gasteiger partial charge in [-0.1, -0.05) is 60.7 Å². The average Bonchev–Trinajstić information content (AvgIpc) is 3.04. The molecule has 0 radical (unpaired) electrons. The summed E-state index contributed by atoms with van der Waals surface area (Å²) in [6, 6.07) is 20.0. The minimum absolute atomic E-state index is 0.0157. The fourth-order valence-corrected chi connectivity index (χ4v) is 2.63. The largest absolute Gasteiger partial charge is 0.352 e. The molecule has 0 aliphatic carbocycles. The molecule has 2 atom stereocenters. The Hall–Kier alpha value is -2.17. The summed E-state index contributed by atoms with van der Waals surface area (Å²) in [6.45, 7) is 1.21. The zero-order valence-electron chi connectivity index (χ0n) is 11.8. The van der Waals surface area contributed by atoms with Gasteiger partial charge >= 0.3 is 0 Å². The van der Waals surface area contributed by atoms with Gasteiger partial charge in [0, 0.05) is 13.1 Å². The van der Waals surface area contributed by atoms with Crippen molar-refractivity contribution in [3.05, 3.63) is 71.8 Å². The highest BCUT2D eigenvalue weighted by Gasteiger charge is 2.33. The second-order valence-electron chi connectivity index (χ2n) is 5.22. The fourth-order valence-electron chi connectivity index (χ4n) is 2.63. The van der Waals surface area contributed by atoms with Crippen LogP contribution in [0.3, 0.4) is 0 Å². The first-order valence-electron chi connectivity index (χ1n) is 7.19. The number of carbonyl (C=O) groups excluding carboxylic acids is 1. The summed E-state index contributed by atoms with van der Waals surface area (Å²) in [7, 11) is 0. The molecule has 1 aliphatic rings. The van der Waals surface area contributed by atoms with Crippen molar-refractivity contribution in [2.45, 2.75) is 12.6 Å². The van der Waals surface area contributed by atoms with Gasteiger partial charge in [0.05, 0.1) is 12.0 Å². The Balaban J connectivity index is 1.64. The maximum atomic E-state index is 12.4. The number of amides is 1. The van der Waals surface area contributed by atoms with Crippen molar-refractivity contribution in [2.75, 3.05) is 6.54 Å². The Morgan fingerprint density at radius 2 is 1.71 bits per heavy atom. The second kappa shape index (κ2) is 6.52. The highest BCUT2D eigenvalue weighted by atomic mass is 16.2. The van der Waals surface area contributed by atoms with Crippen LogP contribution in [0.4, 0.5) is 0 Å². The van der Waals surface area contributed by atoms with Crippen LogP contribution in [0.2, 0.25) is 0 Å². The number of carbonyl (C=O) groups is 1. The quantitative estimate of drug-likeness (QED) is 0.800. The number of hydrogen-bond donors (Lipinski definition) is 3. The summed E-state index contributed by atoms with van der Waals surface area (Å²) < 4.78 is 0. The maximum absolute atomic E-state index is 12.4. The molecule has 0 saturated carbocycles. The van der Waals surface area contributed by atoms with Crippen molar-refractivity contribution in [3.8, 4) is 0 Å². The van der Waals surface area contributed by atoms with E-state index in [4.69, 9.17) is 0 Å². The van der Waals surface area contributed by atoms with E-state index in [9.17, 15) is 4.79 Å². The minimum Gasteiger partial charge on any atom is -0.352 e. The SMILES string of the molecule is O=C(NCc1ccccc1)C1CNNC1c1ccccc1. The summed E-state index contributed by atoms with van der Waals surface area (Å²) in [5.41, 5.74) is 8.52. The normalized spacial score (nSPS) is 21.1. The van der Waals surface area contributed by atoms with E-state index in [1.165, 1.54) is 0 Å². The van der Waals surface area contributed by atoms with E-state index in [1.54, 1.807) is 0 Å². The van der Waals surface area contributed by atoms with Gasteiger partial charge in [0.1, 0.15) is 0 Å². The maximum Gasteiger partial charge on any atom is 0.226 e. The molecule has 0 aromatic heterocycles. The molecule has 108 valence electrons. The molecule has 1 amide bonds. The lowest BCUT2D eigenvalue weighted by Gasteiger charge is -2.18. The Morgan fingerprint density at radius 3 is 2.43 bits per heavy atom. The van der Waals surface area contributed by atoms with Gasteiger partial charge in [-0.25, -0.2) is 5.43 Å². The van der Waals surface area contributed by atoms with Crippen LogP contribution in [0.1, 0.15) is 17.2 Å². The van der Waals surface area contributed by atoms with E-state index in [-0.39, 0.29) is 17.9 Å². The molecule has 1 aliphatic heterocycles. The molecular formula is C17H19N3O. The van der Waals surface area contributed by atoms with Gasteiger partial charge in [0.25, 0.3) is 0 Å². The fraction of sp³-hybridized carbons (Fsp3) is 0.235. The number of nitrogens with one attached hydrogen (secondary N) is 3. The Kier molecular flexibility index (Phi) is 4.28. The van der Waals surface area contributed by atoms with Crippen LogP contribution in [0.25, 0.3) is 0 Å². The van der Waals surface area contributed by atoms with Crippen molar-refractivity contribution in [1.29, 1.82) is 0 Å². The molecule has 1 fully saturated rings. The first-order chi connectivity index (χ1) is 10.3. The van der Waals surface area contributed by atoms with Crippen LogP contribution in [-0.4, -0.2) is 12.5 Å². The Morgan fingerprint density at radius 1 is 1.05 bits per heavy atom. The van der Waals surface area contributed by atoms with E-state index in [1.807, 2.05) is 60.7 Å². The van der Waals surface area contributed by atoms with E-state index >= 15 is 0 Å². The molecule has 1 saturated heterocycles. The summed E-state index contributed by atoms with van der Waals surface area (Å²) in [5.74, 6) is -0.0266. The minimum atomic E-state index is -0.101. The first-order valence-corrected chi connectivity index (χ1v) is 7.19. The molecular weight excluding hydrogens is 262 g/mol. The number of hydrogen-bond acceptors (Lipinski definition) is 3. The summed E-state index contributed by atoms with van der Waals surface area (Å²) >= 11 is 0. The van der Waals surface area contributed by atoms with Crippen molar-refractivity contribution in [2.24, 2.45) is 5.92 Å². The van der Waals surface area contributed by atoms with Crippen LogP contribution in [0.5, 0.6) is 0 Å². The number of benzene rings is 2. The lowest BCUT2D eigenvalue weighted by atomic mass is 9.94. The van der Waals surface area contributed by atoms with Crippen LogP contribution in [0, 0.1) is 5.92 Å². The van der Waals surface area contributed by atoms with E-state index < -0.39 is 0 Å². The van der Waals surface area contributed by atoms with Gasteiger partial charge in [-0.15, -0.1) is 0 Å². The molecule has 4 heteroatoms. The monoisotopic (exact) mass is 281 g/mol. The third-order valence-electron chi connectivity index (χ3n) is 3.79. The third-order valence-corrected chi connectivity index (χ3v) is 3.79. The Labute approximate surface area is 124 Å². The molecule has 0 bridgehead atoms. The van der Waals surface area contributed by atoms with E-state index in [0.717, 1.165) is 11.1 Å². The van der Waals surface area contributed by atoms with E-state index in [2.05, 4.69) is 16.2 Å². The summed E-state index contributed by atoms with van der Waals surface area (Å²) in [5, 5.41) is 3.02. The van der Waals surface area contributed by atoms with Gasteiger partial charge in [-0.05, 0) is 11.1 Å². The summed E-state index contributed by atoms with van der Waals surface area (Å²) in [4.78, 5) is 12.4. The van der Waals surface area contributed by atoms with Gasteiger partial charge in [-0.3, -0.25) is 10.2 Å². The predicted octanol–water partition coefficient (Wildman–Crippen LogP) is 1.77. The molecule has 1 heterocycles. The van der Waals surface area contributed by atoms with Crippen LogP contribution < -0.4 is 16.2 Å². The molecule has 3 rings (SSSR count). The molecule has 2 unspecified atom stereocenters. The van der Waals surface area contributed by atoms with Crippen molar-refractivity contribution < 1.29 is 4.79 Å². The van der Waals surface area contributed by atoms with Crippen molar-refractivity contribution in [1.82, 2.24) is 16.2 Å². The highest BCUT2D eigenvalue weighted by molar-refractivity contribution is 5.80.